The molecular formula is C11H19N3O5S2. The van der Waals surface area contributed by atoms with E-state index in [1.807, 2.05) is 0 Å². The van der Waals surface area contributed by atoms with E-state index in [1.165, 1.54) is 25.3 Å². The number of ether oxygens (including phenoxy) is 1. The van der Waals surface area contributed by atoms with Crippen LogP contribution in [-0.2, 0) is 20.0 Å². The molecular weight excluding hydrogens is 318 g/mol. The number of benzene rings is 1. The molecule has 0 radical (unpaired) electrons. The lowest BCUT2D eigenvalue weighted by Gasteiger charge is -2.10. The fourth-order valence-electron chi connectivity index (χ4n) is 1.57. The first-order chi connectivity index (χ1) is 9.72. The molecule has 0 unspecified atom stereocenters. The van der Waals surface area contributed by atoms with Crippen LogP contribution in [0.3, 0.4) is 0 Å². The SMILES string of the molecule is CCNS(=O)(=O)CCNS(=O)(=O)c1ccc(OC)c(N)c1. The minimum Gasteiger partial charge on any atom is -0.495 e. The summed E-state index contributed by atoms with van der Waals surface area (Å²) in [5.41, 5.74) is 5.82. The van der Waals surface area contributed by atoms with E-state index in [-0.39, 0.29) is 29.4 Å². The van der Waals surface area contributed by atoms with E-state index in [0.717, 1.165) is 0 Å². The average Bonchev–Trinajstić information content (AvgIpc) is 2.37. The zero-order valence-corrected chi connectivity index (χ0v) is 13.4. The molecule has 0 amide bonds. The number of nitrogens with two attached hydrogens (primary N) is 1. The van der Waals surface area contributed by atoms with Gasteiger partial charge >= 0.3 is 0 Å². The zero-order chi connectivity index (χ0) is 16.1. The first kappa shape index (κ1) is 17.7. The summed E-state index contributed by atoms with van der Waals surface area (Å²) in [4.78, 5) is -0.0540. The van der Waals surface area contributed by atoms with Crippen LogP contribution in [0.4, 0.5) is 5.69 Å². The molecule has 0 aromatic heterocycles. The second-order valence-corrected chi connectivity index (χ2v) is 7.81. The minimum atomic E-state index is -3.82. The van der Waals surface area contributed by atoms with Crippen molar-refractivity contribution in [2.45, 2.75) is 11.8 Å². The molecule has 0 fully saturated rings. The molecule has 21 heavy (non-hydrogen) atoms. The van der Waals surface area contributed by atoms with Gasteiger partial charge in [-0.25, -0.2) is 26.3 Å². The van der Waals surface area contributed by atoms with E-state index in [2.05, 4.69) is 9.44 Å². The van der Waals surface area contributed by atoms with Crippen molar-refractivity contribution >= 4 is 25.7 Å². The van der Waals surface area contributed by atoms with E-state index in [1.54, 1.807) is 6.92 Å². The van der Waals surface area contributed by atoms with E-state index in [9.17, 15) is 16.8 Å². The first-order valence-electron chi connectivity index (χ1n) is 6.12. The molecule has 0 atom stereocenters. The Bertz CT molecular complexity index is 686. The smallest absolute Gasteiger partial charge is 0.240 e. The Morgan fingerprint density at radius 1 is 1.19 bits per heavy atom. The number of anilines is 1. The lowest BCUT2D eigenvalue weighted by atomic mass is 10.3. The second-order valence-electron chi connectivity index (χ2n) is 4.12. The van der Waals surface area contributed by atoms with Crippen molar-refractivity contribution in [3.63, 3.8) is 0 Å². The molecule has 0 aliphatic heterocycles. The van der Waals surface area contributed by atoms with E-state index in [4.69, 9.17) is 10.5 Å². The number of methoxy groups -OCH3 is 1. The van der Waals surface area contributed by atoms with Crippen molar-refractivity contribution in [2.75, 3.05) is 31.7 Å². The highest BCUT2D eigenvalue weighted by molar-refractivity contribution is 7.90. The summed E-state index contributed by atoms with van der Waals surface area (Å²) in [5, 5.41) is 0. The number of nitrogens with one attached hydrogen (secondary N) is 2. The van der Waals surface area contributed by atoms with Crippen LogP contribution in [0.15, 0.2) is 23.1 Å². The summed E-state index contributed by atoms with van der Waals surface area (Å²) >= 11 is 0. The number of rotatable bonds is 8. The van der Waals surface area contributed by atoms with Gasteiger partial charge < -0.3 is 10.5 Å². The third kappa shape index (κ3) is 5.16. The topological polar surface area (TPSA) is 128 Å². The molecule has 8 nitrogen and oxygen atoms in total. The molecule has 1 aromatic rings. The number of sulfonamides is 2. The summed E-state index contributed by atoms with van der Waals surface area (Å²) in [6.45, 7) is 1.66. The van der Waals surface area contributed by atoms with Crippen molar-refractivity contribution in [1.29, 1.82) is 0 Å². The fourth-order valence-corrected chi connectivity index (χ4v) is 3.72. The Morgan fingerprint density at radius 3 is 2.38 bits per heavy atom. The maximum Gasteiger partial charge on any atom is 0.240 e. The molecule has 1 rings (SSSR count). The molecule has 0 heterocycles. The fraction of sp³-hybridized carbons (Fsp3) is 0.455. The average molecular weight is 337 g/mol. The summed E-state index contributed by atoms with van der Waals surface area (Å²) in [7, 11) is -5.88. The van der Waals surface area contributed by atoms with Crippen LogP contribution in [0, 0.1) is 0 Å². The predicted octanol–water partition coefficient (Wildman–Crippen LogP) is -0.505. The first-order valence-corrected chi connectivity index (χ1v) is 9.26. The highest BCUT2D eigenvalue weighted by Gasteiger charge is 2.17. The van der Waals surface area contributed by atoms with Crippen molar-refractivity contribution in [3.8, 4) is 5.75 Å². The van der Waals surface area contributed by atoms with Crippen LogP contribution in [0.1, 0.15) is 6.92 Å². The third-order valence-corrected chi connectivity index (χ3v) is 5.47. The van der Waals surface area contributed by atoms with Crippen molar-refractivity contribution in [2.24, 2.45) is 0 Å². The summed E-state index contributed by atoms with van der Waals surface area (Å²) in [6, 6.07) is 4.01. The van der Waals surface area contributed by atoms with Crippen LogP contribution in [0.5, 0.6) is 5.75 Å². The third-order valence-electron chi connectivity index (χ3n) is 2.54. The number of hydrogen-bond donors (Lipinski definition) is 3. The van der Waals surface area contributed by atoms with Crippen molar-refractivity contribution in [3.05, 3.63) is 18.2 Å². The Hall–Kier alpha value is -1.36. The standard InChI is InChI=1S/C11H19N3O5S2/c1-3-13-20(15,16)7-6-14-21(17,18)9-4-5-11(19-2)10(12)8-9/h4-5,8,13-14H,3,6-7,12H2,1-2H3. The van der Waals surface area contributed by atoms with Crippen LogP contribution in [-0.4, -0.2) is 42.8 Å². The van der Waals surface area contributed by atoms with Gasteiger partial charge in [0.05, 0.1) is 23.4 Å². The maximum absolute atomic E-state index is 12.0. The van der Waals surface area contributed by atoms with E-state index in [0.29, 0.717) is 5.75 Å². The molecule has 0 aliphatic carbocycles. The van der Waals surface area contributed by atoms with Gasteiger partial charge in [0, 0.05) is 13.1 Å². The summed E-state index contributed by atoms with van der Waals surface area (Å²) in [5.74, 6) is 0.0230. The zero-order valence-electron chi connectivity index (χ0n) is 11.8. The molecule has 10 heteroatoms. The maximum atomic E-state index is 12.0. The van der Waals surface area contributed by atoms with Crippen molar-refractivity contribution in [1.82, 2.24) is 9.44 Å². The molecule has 0 saturated carbocycles. The van der Waals surface area contributed by atoms with Gasteiger partial charge in [0.25, 0.3) is 0 Å². The van der Waals surface area contributed by atoms with E-state index < -0.39 is 20.0 Å². The molecule has 0 saturated heterocycles. The quantitative estimate of drug-likeness (QED) is 0.549. The lowest BCUT2D eigenvalue weighted by molar-refractivity contribution is 0.416. The highest BCUT2D eigenvalue weighted by Crippen LogP contribution is 2.24. The highest BCUT2D eigenvalue weighted by atomic mass is 32.2. The van der Waals surface area contributed by atoms with Gasteiger partial charge in [-0.2, -0.15) is 0 Å². The Labute approximate surface area is 124 Å². The Kier molecular flexibility index (Phi) is 5.96. The molecule has 1 aromatic carbocycles. The van der Waals surface area contributed by atoms with Gasteiger partial charge in [0.1, 0.15) is 5.75 Å². The van der Waals surface area contributed by atoms with Gasteiger partial charge in [0.15, 0.2) is 0 Å². The van der Waals surface area contributed by atoms with Gasteiger partial charge in [-0.05, 0) is 18.2 Å². The number of nitrogen functional groups attached to an aromatic ring is 1. The van der Waals surface area contributed by atoms with Gasteiger partial charge in [-0.15, -0.1) is 0 Å². The Balaban J connectivity index is 2.76. The van der Waals surface area contributed by atoms with Gasteiger partial charge in [0.2, 0.25) is 20.0 Å². The summed E-state index contributed by atoms with van der Waals surface area (Å²) in [6.07, 6.45) is 0. The van der Waals surface area contributed by atoms with Crippen LogP contribution < -0.4 is 19.9 Å². The van der Waals surface area contributed by atoms with Crippen LogP contribution >= 0.6 is 0 Å². The molecule has 0 aliphatic rings. The monoisotopic (exact) mass is 337 g/mol. The van der Waals surface area contributed by atoms with Crippen molar-refractivity contribution < 1.29 is 21.6 Å². The normalized spacial score (nSPS) is 12.3. The van der Waals surface area contributed by atoms with Gasteiger partial charge in [-0.1, -0.05) is 6.92 Å². The lowest BCUT2D eigenvalue weighted by Crippen LogP contribution is -2.34. The van der Waals surface area contributed by atoms with Gasteiger partial charge in [-0.3, -0.25) is 0 Å². The van der Waals surface area contributed by atoms with E-state index >= 15 is 0 Å². The molecule has 0 bridgehead atoms. The Morgan fingerprint density at radius 2 is 1.86 bits per heavy atom. The minimum absolute atomic E-state index is 0.0540. The molecule has 120 valence electrons. The molecule has 0 spiro atoms. The number of hydrogen-bond acceptors (Lipinski definition) is 6. The largest absolute Gasteiger partial charge is 0.495 e. The van der Waals surface area contributed by atoms with Crippen LogP contribution in [0.25, 0.3) is 0 Å². The summed E-state index contributed by atoms with van der Waals surface area (Å²) < 4.78 is 56.2. The molecule has 4 N–H and O–H groups in total. The second kappa shape index (κ2) is 7.07. The van der Waals surface area contributed by atoms with Crippen LogP contribution in [0.2, 0.25) is 0 Å². The predicted molar refractivity (Wildman–Crippen MR) is 80.1 cm³/mol.